The van der Waals surface area contributed by atoms with E-state index in [0.717, 1.165) is 18.7 Å². The minimum Gasteiger partial charge on any atom is -0.503 e. The molecule has 1 N–H and O–H groups in total. The number of halogens is 1. The number of hydrogen-bond donors (Lipinski definition) is 1. The first-order chi connectivity index (χ1) is 9.49. The lowest BCUT2D eigenvalue weighted by Gasteiger charge is -2.26. The zero-order valence-corrected chi connectivity index (χ0v) is 14.2. The summed E-state index contributed by atoms with van der Waals surface area (Å²) in [5.74, 6) is 0.677. The molecule has 0 saturated heterocycles. The molecule has 1 rings (SSSR count). The molecule has 0 bridgehead atoms. The molecular formula is C15H24BrNO3. The van der Waals surface area contributed by atoms with Gasteiger partial charge in [-0.15, -0.1) is 0 Å². The van der Waals surface area contributed by atoms with E-state index in [9.17, 15) is 5.11 Å². The highest BCUT2D eigenvalue weighted by Gasteiger charge is 2.14. The van der Waals surface area contributed by atoms with Crippen molar-refractivity contribution in [3.63, 3.8) is 0 Å². The zero-order valence-electron chi connectivity index (χ0n) is 12.6. The fourth-order valence-corrected chi connectivity index (χ4v) is 2.44. The number of hydrogen-bond acceptors (Lipinski definition) is 4. The zero-order chi connectivity index (χ0) is 15.1. The molecule has 4 nitrogen and oxygen atoms in total. The maximum Gasteiger partial charge on any atom is 0.172 e. The summed E-state index contributed by atoms with van der Waals surface area (Å²) < 4.78 is 11.3. The first kappa shape index (κ1) is 17.3. The molecule has 1 aromatic carbocycles. The van der Waals surface area contributed by atoms with Gasteiger partial charge in [0, 0.05) is 26.2 Å². The molecule has 1 aromatic rings. The van der Waals surface area contributed by atoms with E-state index >= 15 is 0 Å². The van der Waals surface area contributed by atoms with Gasteiger partial charge in [-0.05, 0) is 54.4 Å². The summed E-state index contributed by atoms with van der Waals surface area (Å²) >= 11 is 3.37. The monoisotopic (exact) mass is 345 g/mol. The van der Waals surface area contributed by atoms with Gasteiger partial charge in [0.25, 0.3) is 0 Å². The van der Waals surface area contributed by atoms with E-state index in [2.05, 4.69) is 34.7 Å². The molecule has 0 fully saturated rings. The van der Waals surface area contributed by atoms with Crippen LogP contribution in [0, 0.1) is 0 Å². The molecule has 0 aliphatic rings. The smallest absolute Gasteiger partial charge is 0.172 e. The van der Waals surface area contributed by atoms with E-state index in [-0.39, 0.29) is 5.75 Å². The summed E-state index contributed by atoms with van der Waals surface area (Å²) in [4.78, 5) is 2.32. The second-order valence-electron chi connectivity index (χ2n) is 4.91. The van der Waals surface area contributed by atoms with Crippen molar-refractivity contribution in [1.29, 1.82) is 0 Å². The van der Waals surface area contributed by atoms with Gasteiger partial charge in [0.1, 0.15) is 0 Å². The van der Waals surface area contributed by atoms with Crippen molar-refractivity contribution in [2.45, 2.75) is 33.4 Å². The van der Waals surface area contributed by atoms with Crippen molar-refractivity contribution in [3.8, 4) is 11.5 Å². The van der Waals surface area contributed by atoms with Crippen LogP contribution in [0.3, 0.4) is 0 Å². The molecule has 114 valence electrons. The molecule has 5 heteroatoms. The molecule has 0 aliphatic carbocycles. The Kier molecular flexibility index (Phi) is 7.34. The third-order valence-corrected chi connectivity index (χ3v) is 3.69. The van der Waals surface area contributed by atoms with Crippen LogP contribution in [0.1, 0.15) is 26.3 Å². The summed E-state index contributed by atoms with van der Waals surface area (Å²) in [6, 6.07) is 4.25. The van der Waals surface area contributed by atoms with Gasteiger partial charge in [-0.1, -0.05) is 0 Å². The van der Waals surface area contributed by atoms with Crippen LogP contribution in [0.4, 0.5) is 0 Å². The molecule has 20 heavy (non-hydrogen) atoms. The van der Waals surface area contributed by atoms with Gasteiger partial charge < -0.3 is 14.6 Å². The average Bonchev–Trinajstić information content (AvgIpc) is 2.40. The summed E-state index contributed by atoms with van der Waals surface area (Å²) in [5.41, 5.74) is 1.10. The number of phenolic OH excluding ortho intramolecular Hbond substituents is 1. The Hall–Kier alpha value is -0.780. The summed E-state index contributed by atoms with van der Waals surface area (Å²) in [6.07, 6.45) is 0. The van der Waals surface area contributed by atoms with Gasteiger partial charge in [-0.2, -0.15) is 0 Å². The molecule has 0 unspecified atom stereocenters. The molecule has 0 amide bonds. The molecule has 0 aromatic heterocycles. The van der Waals surface area contributed by atoms with Crippen LogP contribution in [-0.4, -0.2) is 42.9 Å². The Bertz CT molecular complexity index is 424. The van der Waals surface area contributed by atoms with Crippen molar-refractivity contribution < 1.29 is 14.6 Å². The van der Waals surface area contributed by atoms with Crippen LogP contribution in [0.15, 0.2) is 16.6 Å². The predicted molar refractivity (Wildman–Crippen MR) is 84.4 cm³/mol. The van der Waals surface area contributed by atoms with Crippen LogP contribution in [0.25, 0.3) is 0 Å². The van der Waals surface area contributed by atoms with Gasteiger partial charge in [0.2, 0.25) is 0 Å². The lowest BCUT2D eigenvalue weighted by Crippen LogP contribution is -2.33. The molecule has 0 radical (unpaired) electrons. The lowest BCUT2D eigenvalue weighted by molar-refractivity contribution is 0.125. The second kappa shape index (κ2) is 8.49. The third-order valence-electron chi connectivity index (χ3n) is 3.09. The van der Waals surface area contributed by atoms with E-state index in [1.807, 2.05) is 19.1 Å². The van der Waals surface area contributed by atoms with Gasteiger partial charge in [0.15, 0.2) is 11.5 Å². The van der Waals surface area contributed by atoms with Crippen LogP contribution in [0.5, 0.6) is 11.5 Å². The third kappa shape index (κ3) is 4.96. The predicted octanol–water partition coefficient (Wildman–Crippen LogP) is 3.41. The quantitative estimate of drug-likeness (QED) is 0.783. The Labute approximate surface area is 129 Å². The maximum absolute atomic E-state index is 9.93. The number of benzene rings is 1. The molecule has 0 saturated carbocycles. The summed E-state index contributed by atoms with van der Waals surface area (Å²) in [6.45, 7) is 9.12. The van der Waals surface area contributed by atoms with E-state index in [0.29, 0.717) is 29.5 Å². The van der Waals surface area contributed by atoms with Crippen LogP contribution in [-0.2, 0) is 11.3 Å². The number of ether oxygens (including phenoxy) is 2. The number of phenols is 1. The Morgan fingerprint density at radius 2 is 2.05 bits per heavy atom. The van der Waals surface area contributed by atoms with Crippen molar-refractivity contribution >= 4 is 15.9 Å². The first-order valence-corrected chi connectivity index (χ1v) is 7.66. The van der Waals surface area contributed by atoms with Gasteiger partial charge in [-0.25, -0.2) is 0 Å². The van der Waals surface area contributed by atoms with Gasteiger partial charge in [0.05, 0.1) is 17.7 Å². The fourth-order valence-electron chi connectivity index (χ4n) is 1.95. The largest absolute Gasteiger partial charge is 0.503 e. The minimum absolute atomic E-state index is 0.156. The molecule has 0 aliphatic heterocycles. The number of methoxy groups -OCH3 is 1. The topological polar surface area (TPSA) is 41.9 Å². The van der Waals surface area contributed by atoms with Crippen molar-refractivity contribution in [2.75, 3.05) is 26.9 Å². The molecule has 0 spiro atoms. The highest BCUT2D eigenvalue weighted by atomic mass is 79.9. The highest BCUT2D eigenvalue weighted by Crippen LogP contribution is 2.35. The molecular weight excluding hydrogens is 322 g/mol. The normalized spacial score (nSPS) is 11.3. The average molecular weight is 346 g/mol. The van der Waals surface area contributed by atoms with Crippen molar-refractivity contribution in [2.24, 2.45) is 0 Å². The number of aromatic hydroxyl groups is 1. The Morgan fingerprint density at radius 1 is 1.35 bits per heavy atom. The Balaban J connectivity index is 2.89. The molecule has 0 atom stereocenters. The lowest BCUT2D eigenvalue weighted by atomic mass is 10.1. The van der Waals surface area contributed by atoms with Crippen LogP contribution >= 0.6 is 15.9 Å². The van der Waals surface area contributed by atoms with Crippen LogP contribution < -0.4 is 4.74 Å². The maximum atomic E-state index is 9.93. The minimum atomic E-state index is 0.156. The van der Waals surface area contributed by atoms with E-state index in [1.165, 1.54) is 0 Å². The molecule has 0 heterocycles. The SMILES string of the molecule is CCOc1cc(CN(CCOC)C(C)C)cc(Br)c1O. The van der Waals surface area contributed by atoms with E-state index in [1.54, 1.807) is 7.11 Å². The number of nitrogens with zero attached hydrogens (tertiary/aromatic N) is 1. The van der Waals surface area contributed by atoms with Gasteiger partial charge >= 0.3 is 0 Å². The summed E-state index contributed by atoms with van der Waals surface area (Å²) in [7, 11) is 1.71. The van der Waals surface area contributed by atoms with E-state index < -0.39 is 0 Å². The van der Waals surface area contributed by atoms with Gasteiger partial charge in [-0.3, -0.25) is 4.90 Å². The van der Waals surface area contributed by atoms with Crippen molar-refractivity contribution in [3.05, 3.63) is 22.2 Å². The van der Waals surface area contributed by atoms with Crippen molar-refractivity contribution in [1.82, 2.24) is 4.90 Å². The second-order valence-corrected chi connectivity index (χ2v) is 5.77. The number of rotatable bonds is 8. The first-order valence-electron chi connectivity index (χ1n) is 6.86. The standard InChI is InChI=1S/C15H24BrNO3/c1-5-20-14-9-12(8-13(16)15(14)18)10-17(11(2)3)6-7-19-4/h8-9,11,18H,5-7,10H2,1-4H3. The summed E-state index contributed by atoms with van der Waals surface area (Å²) in [5, 5.41) is 9.93. The fraction of sp³-hybridized carbons (Fsp3) is 0.600. The van der Waals surface area contributed by atoms with E-state index in [4.69, 9.17) is 9.47 Å². The highest BCUT2D eigenvalue weighted by molar-refractivity contribution is 9.10. The Morgan fingerprint density at radius 3 is 2.60 bits per heavy atom. The van der Waals surface area contributed by atoms with Crippen LogP contribution in [0.2, 0.25) is 0 Å².